The largest absolute Gasteiger partial charge is 0.342 e. The van der Waals surface area contributed by atoms with Crippen LogP contribution in [0.25, 0.3) is 0 Å². The maximum absolute atomic E-state index is 12.4. The molecule has 2 fully saturated rings. The van der Waals surface area contributed by atoms with Gasteiger partial charge >= 0.3 is 6.03 Å². The minimum Gasteiger partial charge on any atom is -0.342 e. The smallest absolute Gasteiger partial charge is 0.317 e. The van der Waals surface area contributed by atoms with Crippen molar-refractivity contribution in [3.63, 3.8) is 0 Å². The molecule has 26 heavy (non-hydrogen) atoms. The van der Waals surface area contributed by atoms with Crippen molar-refractivity contribution in [2.24, 2.45) is 0 Å². The van der Waals surface area contributed by atoms with Gasteiger partial charge in [-0.25, -0.2) is 4.79 Å². The number of piperazine rings is 1. The Morgan fingerprint density at radius 3 is 2.38 bits per heavy atom. The van der Waals surface area contributed by atoms with E-state index in [-0.39, 0.29) is 11.9 Å². The highest BCUT2D eigenvalue weighted by atomic mass is 16.2. The van der Waals surface area contributed by atoms with E-state index in [1.165, 1.54) is 0 Å². The number of nitrogens with zero attached hydrogens (tertiary/aromatic N) is 5. The summed E-state index contributed by atoms with van der Waals surface area (Å²) in [4.78, 5) is 30.6. The second-order valence-electron chi connectivity index (χ2n) is 7.08. The summed E-state index contributed by atoms with van der Waals surface area (Å²) in [6.07, 6.45) is 4.06. The fourth-order valence-electron chi connectivity index (χ4n) is 3.63. The average molecular weight is 362 g/mol. The van der Waals surface area contributed by atoms with Gasteiger partial charge in [-0.15, -0.1) is 0 Å². The van der Waals surface area contributed by atoms with Gasteiger partial charge < -0.3 is 15.1 Å². The first kappa shape index (κ1) is 18.7. The molecule has 8 heteroatoms. The maximum atomic E-state index is 12.4. The predicted molar refractivity (Wildman–Crippen MR) is 98.7 cm³/mol. The summed E-state index contributed by atoms with van der Waals surface area (Å²) in [5.41, 5.74) is 2.15. The van der Waals surface area contributed by atoms with Gasteiger partial charge in [0.2, 0.25) is 5.91 Å². The zero-order valence-corrected chi connectivity index (χ0v) is 15.9. The molecule has 3 heterocycles. The molecule has 1 aromatic heterocycles. The highest BCUT2D eigenvalue weighted by molar-refractivity contribution is 5.78. The summed E-state index contributed by atoms with van der Waals surface area (Å²) in [7, 11) is 0. The van der Waals surface area contributed by atoms with E-state index < -0.39 is 0 Å². The van der Waals surface area contributed by atoms with Gasteiger partial charge in [0, 0.05) is 63.6 Å². The number of nitrogens with one attached hydrogen (secondary N) is 1. The van der Waals surface area contributed by atoms with Crippen LogP contribution < -0.4 is 5.32 Å². The molecule has 2 saturated heterocycles. The highest BCUT2D eigenvalue weighted by Gasteiger charge is 2.25. The molecule has 0 unspecified atom stereocenters. The number of amides is 3. The lowest BCUT2D eigenvalue weighted by Gasteiger charge is -2.35. The standard InChI is InChI=1S/C18H30N6O2/c1-3-24-15(2)16(13-20-24)12-19-18(26)23-10-8-21(9-11-23)14-17(25)22-6-4-5-7-22/h13H,3-12,14H2,1-2H3,(H,19,26). The Morgan fingerprint density at radius 2 is 1.77 bits per heavy atom. The number of aromatic nitrogens is 2. The molecular formula is C18H30N6O2. The van der Waals surface area contributed by atoms with Crippen molar-refractivity contribution in [1.82, 2.24) is 29.8 Å². The molecule has 1 aromatic rings. The Hall–Kier alpha value is -2.09. The van der Waals surface area contributed by atoms with Gasteiger partial charge in [0.25, 0.3) is 0 Å². The van der Waals surface area contributed by atoms with E-state index in [0.29, 0.717) is 26.2 Å². The van der Waals surface area contributed by atoms with Crippen LogP contribution in [0.4, 0.5) is 4.79 Å². The van der Waals surface area contributed by atoms with Crippen LogP contribution in [-0.2, 0) is 17.9 Å². The monoisotopic (exact) mass is 362 g/mol. The third-order valence-electron chi connectivity index (χ3n) is 5.41. The number of rotatable bonds is 5. The molecule has 0 aromatic carbocycles. The van der Waals surface area contributed by atoms with E-state index in [2.05, 4.69) is 22.2 Å². The highest BCUT2D eigenvalue weighted by Crippen LogP contribution is 2.10. The number of carbonyl (C=O) groups is 2. The first-order chi connectivity index (χ1) is 12.6. The SMILES string of the molecule is CCn1ncc(CNC(=O)N2CCN(CC(=O)N3CCCC3)CC2)c1C. The number of hydrogen-bond donors (Lipinski definition) is 1. The van der Waals surface area contributed by atoms with E-state index in [4.69, 9.17) is 0 Å². The molecule has 144 valence electrons. The molecule has 0 bridgehead atoms. The van der Waals surface area contributed by atoms with Gasteiger partial charge in [-0.05, 0) is 26.7 Å². The van der Waals surface area contributed by atoms with Crippen LogP contribution >= 0.6 is 0 Å². The summed E-state index contributed by atoms with van der Waals surface area (Å²) < 4.78 is 1.93. The fourth-order valence-corrected chi connectivity index (χ4v) is 3.63. The van der Waals surface area contributed by atoms with Crippen molar-refractivity contribution in [1.29, 1.82) is 0 Å². The van der Waals surface area contributed by atoms with Gasteiger partial charge in [-0.1, -0.05) is 0 Å². The van der Waals surface area contributed by atoms with Crippen molar-refractivity contribution in [3.05, 3.63) is 17.5 Å². The van der Waals surface area contributed by atoms with Gasteiger partial charge in [0.1, 0.15) is 0 Å². The van der Waals surface area contributed by atoms with E-state index >= 15 is 0 Å². The van der Waals surface area contributed by atoms with Crippen molar-refractivity contribution >= 4 is 11.9 Å². The van der Waals surface area contributed by atoms with Crippen LogP contribution in [0.2, 0.25) is 0 Å². The quantitative estimate of drug-likeness (QED) is 0.835. The minimum atomic E-state index is -0.0424. The van der Waals surface area contributed by atoms with Crippen molar-refractivity contribution in [2.75, 3.05) is 45.8 Å². The van der Waals surface area contributed by atoms with Crippen molar-refractivity contribution in [2.45, 2.75) is 39.8 Å². The van der Waals surface area contributed by atoms with Gasteiger partial charge in [0.05, 0.1) is 12.7 Å². The molecule has 3 amide bonds. The number of hydrogen-bond acceptors (Lipinski definition) is 4. The van der Waals surface area contributed by atoms with Gasteiger partial charge in [-0.3, -0.25) is 14.4 Å². The summed E-state index contributed by atoms with van der Waals surface area (Å²) in [6.45, 7) is 10.5. The lowest BCUT2D eigenvalue weighted by molar-refractivity contribution is -0.131. The Balaban J connectivity index is 1.40. The van der Waals surface area contributed by atoms with Crippen LogP contribution in [0.5, 0.6) is 0 Å². The summed E-state index contributed by atoms with van der Waals surface area (Å²) in [6, 6.07) is -0.0424. The van der Waals surface area contributed by atoms with Crippen LogP contribution in [0.1, 0.15) is 31.0 Å². The number of likely N-dealkylation sites (tertiary alicyclic amines) is 1. The topological polar surface area (TPSA) is 73.7 Å². The molecule has 1 N–H and O–H groups in total. The van der Waals surface area contributed by atoms with Gasteiger partial charge in [-0.2, -0.15) is 5.10 Å². The van der Waals surface area contributed by atoms with Crippen LogP contribution in [-0.4, -0.2) is 82.2 Å². The second kappa shape index (κ2) is 8.53. The second-order valence-corrected chi connectivity index (χ2v) is 7.08. The van der Waals surface area contributed by atoms with Crippen LogP contribution in [0.3, 0.4) is 0 Å². The molecule has 2 aliphatic heterocycles. The maximum Gasteiger partial charge on any atom is 0.317 e. The van der Waals surface area contributed by atoms with Crippen LogP contribution in [0.15, 0.2) is 6.20 Å². The van der Waals surface area contributed by atoms with Gasteiger partial charge in [0.15, 0.2) is 0 Å². The third-order valence-corrected chi connectivity index (χ3v) is 5.41. The molecule has 0 aliphatic carbocycles. The van der Waals surface area contributed by atoms with E-state index in [9.17, 15) is 9.59 Å². The molecule has 0 saturated carbocycles. The summed E-state index contributed by atoms with van der Waals surface area (Å²) in [5.74, 6) is 0.226. The first-order valence-electron chi connectivity index (χ1n) is 9.62. The Kier molecular flexibility index (Phi) is 6.13. The molecule has 0 radical (unpaired) electrons. The van der Waals surface area contributed by atoms with E-state index in [0.717, 1.165) is 56.8 Å². The first-order valence-corrected chi connectivity index (χ1v) is 9.62. The zero-order chi connectivity index (χ0) is 18.5. The third kappa shape index (κ3) is 4.35. The number of aryl methyl sites for hydroxylation is 1. The van der Waals surface area contributed by atoms with E-state index in [1.54, 1.807) is 0 Å². The fraction of sp³-hybridized carbons (Fsp3) is 0.722. The molecule has 8 nitrogen and oxygen atoms in total. The normalized spacial score (nSPS) is 18.4. The number of urea groups is 1. The molecule has 2 aliphatic rings. The van der Waals surface area contributed by atoms with Crippen LogP contribution in [0, 0.1) is 6.92 Å². The lowest BCUT2D eigenvalue weighted by Crippen LogP contribution is -2.53. The summed E-state index contributed by atoms with van der Waals surface area (Å²) >= 11 is 0. The molecule has 0 atom stereocenters. The Morgan fingerprint density at radius 1 is 1.08 bits per heavy atom. The summed E-state index contributed by atoms with van der Waals surface area (Å²) in [5, 5.41) is 7.29. The predicted octanol–water partition coefficient (Wildman–Crippen LogP) is 0.661. The van der Waals surface area contributed by atoms with Crippen molar-refractivity contribution in [3.8, 4) is 0 Å². The Bertz CT molecular complexity index is 630. The molecular weight excluding hydrogens is 332 g/mol. The molecule has 3 rings (SSSR count). The Labute approximate surface area is 155 Å². The molecule has 0 spiro atoms. The van der Waals surface area contributed by atoms with Crippen molar-refractivity contribution < 1.29 is 9.59 Å². The lowest BCUT2D eigenvalue weighted by atomic mass is 10.2. The number of carbonyl (C=O) groups excluding carboxylic acids is 2. The average Bonchev–Trinajstić information content (AvgIpc) is 3.30. The van der Waals surface area contributed by atoms with E-state index in [1.807, 2.05) is 27.6 Å². The minimum absolute atomic E-state index is 0.0424. The zero-order valence-electron chi connectivity index (χ0n) is 15.9.